The second kappa shape index (κ2) is 5.91. The largest absolute Gasteiger partial charge is 0.457 e. The highest BCUT2D eigenvalue weighted by Gasteiger charge is 2.19. The summed E-state index contributed by atoms with van der Waals surface area (Å²) < 4.78 is 6.80. The molecule has 0 unspecified atom stereocenters. The summed E-state index contributed by atoms with van der Waals surface area (Å²) in [5, 5.41) is 8.97. The lowest BCUT2D eigenvalue weighted by Crippen LogP contribution is -2.12. The molecule has 0 aliphatic rings. The van der Waals surface area contributed by atoms with Crippen LogP contribution in [0.3, 0.4) is 0 Å². The molecule has 0 atom stereocenters. The summed E-state index contributed by atoms with van der Waals surface area (Å²) in [4.78, 5) is 0. The van der Waals surface area contributed by atoms with E-state index < -0.39 is 0 Å². The molecule has 0 amide bonds. The van der Waals surface area contributed by atoms with Crippen LogP contribution in [0.1, 0.15) is 37.5 Å². The maximum Gasteiger partial charge on any atom is 0.131 e. The van der Waals surface area contributed by atoms with Gasteiger partial charge in [-0.1, -0.05) is 32.9 Å². The van der Waals surface area contributed by atoms with Crippen molar-refractivity contribution in [3.05, 3.63) is 57.6 Å². The van der Waals surface area contributed by atoms with Crippen molar-refractivity contribution in [1.82, 2.24) is 0 Å². The van der Waals surface area contributed by atoms with Crippen LogP contribution in [0, 0.1) is 18.3 Å². The molecule has 0 aromatic heterocycles. The molecule has 0 saturated carbocycles. The molecule has 0 bridgehead atoms. The number of rotatable bonds is 2. The van der Waals surface area contributed by atoms with Crippen molar-refractivity contribution in [2.45, 2.75) is 33.1 Å². The molecule has 0 spiro atoms. The zero-order valence-electron chi connectivity index (χ0n) is 12.7. The van der Waals surface area contributed by atoms with E-state index >= 15 is 0 Å². The normalized spacial score (nSPS) is 11.0. The summed E-state index contributed by atoms with van der Waals surface area (Å²) in [6, 6.07) is 13.8. The minimum absolute atomic E-state index is 0.00681. The average molecular weight is 344 g/mol. The number of halogens is 1. The topological polar surface area (TPSA) is 33.0 Å². The Hall–Kier alpha value is -1.79. The van der Waals surface area contributed by atoms with Gasteiger partial charge in [-0.25, -0.2) is 0 Å². The first-order chi connectivity index (χ1) is 9.81. The van der Waals surface area contributed by atoms with Crippen LogP contribution >= 0.6 is 15.9 Å². The van der Waals surface area contributed by atoms with Gasteiger partial charge in [0.05, 0.1) is 5.56 Å². The van der Waals surface area contributed by atoms with E-state index in [0.29, 0.717) is 5.56 Å². The highest BCUT2D eigenvalue weighted by Crippen LogP contribution is 2.35. The lowest BCUT2D eigenvalue weighted by molar-refractivity contribution is 0.454. The van der Waals surface area contributed by atoms with Crippen molar-refractivity contribution in [3.63, 3.8) is 0 Å². The predicted molar refractivity (Wildman–Crippen MR) is 88.8 cm³/mol. The summed E-state index contributed by atoms with van der Waals surface area (Å²) in [7, 11) is 0. The van der Waals surface area contributed by atoms with Crippen molar-refractivity contribution in [2.24, 2.45) is 0 Å². The van der Waals surface area contributed by atoms with Crippen LogP contribution in [-0.4, -0.2) is 0 Å². The second-order valence-corrected chi connectivity index (χ2v) is 6.96. The van der Waals surface area contributed by atoms with E-state index in [0.717, 1.165) is 27.1 Å². The third-order valence-electron chi connectivity index (χ3n) is 3.23. The Bertz CT molecular complexity index is 708. The third-order valence-corrected chi connectivity index (χ3v) is 3.89. The number of nitrogens with zero attached hydrogens (tertiary/aromatic N) is 1. The van der Waals surface area contributed by atoms with Gasteiger partial charge in [-0.2, -0.15) is 5.26 Å². The summed E-state index contributed by atoms with van der Waals surface area (Å²) in [5.41, 5.74) is 2.93. The second-order valence-electron chi connectivity index (χ2n) is 6.11. The predicted octanol–water partition coefficient (Wildman–Crippen LogP) is 5.72. The molecule has 2 aromatic rings. The molecular formula is C18H18BrNO. The zero-order chi connectivity index (χ0) is 15.6. The molecule has 0 saturated heterocycles. The van der Waals surface area contributed by atoms with E-state index in [4.69, 9.17) is 10.00 Å². The van der Waals surface area contributed by atoms with Gasteiger partial charge >= 0.3 is 0 Å². The maximum absolute atomic E-state index is 8.97. The van der Waals surface area contributed by atoms with Crippen LogP contribution < -0.4 is 4.74 Å². The van der Waals surface area contributed by atoms with E-state index in [9.17, 15) is 0 Å². The number of ether oxygens (including phenoxy) is 1. The minimum Gasteiger partial charge on any atom is -0.457 e. The van der Waals surface area contributed by atoms with Gasteiger partial charge in [-0.15, -0.1) is 0 Å². The first kappa shape index (κ1) is 15.6. The van der Waals surface area contributed by atoms with Crippen LogP contribution in [-0.2, 0) is 5.41 Å². The van der Waals surface area contributed by atoms with Gasteiger partial charge in [-0.05, 0) is 58.1 Å². The SMILES string of the molecule is Cc1ccc(C(C)(C)C)c(Oc2ccc(C#N)c(Br)c2)c1. The first-order valence-electron chi connectivity index (χ1n) is 6.80. The van der Waals surface area contributed by atoms with E-state index in [-0.39, 0.29) is 5.41 Å². The van der Waals surface area contributed by atoms with E-state index in [1.54, 1.807) is 6.07 Å². The standard InChI is InChI=1S/C18H18BrNO/c1-12-5-8-15(18(2,3)4)17(9-12)21-14-7-6-13(11-20)16(19)10-14/h5-10H,1-4H3. The number of hydrogen-bond donors (Lipinski definition) is 0. The summed E-state index contributed by atoms with van der Waals surface area (Å²) in [6.07, 6.45) is 0. The molecule has 3 heteroatoms. The maximum atomic E-state index is 8.97. The lowest BCUT2D eigenvalue weighted by Gasteiger charge is -2.23. The van der Waals surface area contributed by atoms with Gasteiger partial charge in [0, 0.05) is 10.0 Å². The summed E-state index contributed by atoms with van der Waals surface area (Å²) in [6.45, 7) is 8.55. The summed E-state index contributed by atoms with van der Waals surface area (Å²) in [5.74, 6) is 1.58. The third kappa shape index (κ3) is 3.65. The van der Waals surface area contributed by atoms with Crippen molar-refractivity contribution in [1.29, 1.82) is 5.26 Å². The molecule has 0 heterocycles. The average Bonchev–Trinajstić information content (AvgIpc) is 2.37. The van der Waals surface area contributed by atoms with Crippen molar-refractivity contribution in [2.75, 3.05) is 0 Å². The van der Waals surface area contributed by atoms with Gasteiger partial charge < -0.3 is 4.74 Å². The van der Waals surface area contributed by atoms with Gasteiger partial charge in [0.15, 0.2) is 0 Å². The smallest absolute Gasteiger partial charge is 0.131 e. The lowest BCUT2D eigenvalue weighted by atomic mass is 9.86. The number of nitriles is 1. The Labute approximate surface area is 134 Å². The molecule has 2 aromatic carbocycles. The zero-order valence-corrected chi connectivity index (χ0v) is 14.3. The van der Waals surface area contributed by atoms with Crippen LogP contribution in [0.4, 0.5) is 0 Å². The van der Waals surface area contributed by atoms with Crippen LogP contribution in [0.25, 0.3) is 0 Å². The van der Waals surface area contributed by atoms with Crippen LogP contribution in [0.5, 0.6) is 11.5 Å². The quantitative estimate of drug-likeness (QED) is 0.698. The van der Waals surface area contributed by atoms with E-state index in [2.05, 4.69) is 54.9 Å². The molecule has 21 heavy (non-hydrogen) atoms. The Morgan fingerprint density at radius 2 is 1.81 bits per heavy atom. The van der Waals surface area contributed by atoms with E-state index in [1.165, 1.54) is 0 Å². The molecule has 2 rings (SSSR count). The molecule has 0 fully saturated rings. The van der Waals surface area contributed by atoms with Crippen LogP contribution in [0.2, 0.25) is 0 Å². The molecular weight excluding hydrogens is 326 g/mol. The molecule has 0 radical (unpaired) electrons. The van der Waals surface area contributed by atoms with Crippen molar-refractivity contribution in [3.8, 4) is 17.6 Å². The van der Waals surface area contributed by atoms with Gasteiger partial charge in [0.2, 0.25) is 0 Å². The Morgan fingerprint density at radius 1 is 1.10 bits per heavy atom. The van der Waals surface area contributed by atoms with Gasteiger partial charge in [0.25, 0.3) is 0 Å². The number of benzene rings is 2. The molecule has 108 valence electrons. The van der Waals surface area contributed by atoms with Gasteiger partial charge in [0.1, 0.15) is 17.6 Å². The highest BCUT2D eigenvalue weighted by atomic mass is 79.9. The highest BCUT2D eigenvalue weighted by molar-refractivity contribution is 9.10. The van der Waals surface area contributed by atoms with Crippen LogP contribution in [0.15, 0.2) is 40.9 Å². The fraction of sp³-hybridized carbons (Fsp3) is 0.278. The summed E-state index contributed by atoms with van der Waals surface area (Å²) >= 11 is 3.39. The van der Waals surface area contributed by atoms with Crippen molar-refractivity contribution >= 4 is 15.9 Å². The molecule has 0 aliphatic heterocycles. The first-order valence-corrected chi connectivity index (χ1v) is 7.59. The van der Waals surface area contributed by atoms with Crippen molar-refractivity contribution < 1.29 is 4.74 Å². The Morgan fingerprint density at radius 3 is 2.38 bits per heavy atom. The fourth-order valence-electron chi connectivity index (χ4n) is 2.11. The minimum atomic E-state index is 0.00681. The molecule has 0 aliphatic carbocycles. The van der Waals surface area contributed by atoms with Gasteiger partial charge in [-0.3, -0.25) is 0 Å². The monoisotopic (exact) mass is 343 g/mol. The molecule has 2 nitrogen and oxygen atoms in total. The fourth-order valence-corrected chi connectivity index (χ4v) is 2.56. The van der Waals surface area contributed by atoms with E-state index in [1.807, 2.05) is 25.1 Å². The number of hydrogen-bond acceptors (Lipinski definition) is 2. The Kier molecular flexibility index (Phi) is 4.39. The molecule has 0 N–H and O–H groups in total. The Balaban J connectivity index is 2.42. The number of aryl methyl sites for hydroxylation is 1.